The standard InChI is InChI=1S/C26H24N2O/c1-2-8-19(9-3-1)20-12-14-21(15-13-20)23-18-24-22-10-4-5-11-25(22)29-26(28(24)27-23)16-6-7-17-26/h1-5,8-15,24H,6-7,16-18H2. The van der Waals surface area contributed by atoms with Crippen LogP contribution in [0, 0.1) is 0 Å². The molecule has 0 bridgehead atoms. The molecule has 1 fully saturated rings. The lowest BCUT2D eigenvalue weighted by atomic mass is 9.93. The van der Waals surface area contributed by atoms with Gasteiger partial charge in [0.1, 0.15) is 5.75 Å². The lowest BCUT2D eigenvalue weighted by Gasteiger charge is -2.45. The molecular formula is C26H24N2O. The molecule has 144 valence electrons. The Hall–Kier alpha value is -3.07. The van der Waals surface area contributed by atoms with E-state index >= 15 is 0 Å². The number of fused-ring (bicyclic) bond motifs is 4. The van der Waals surface area contributed by atoms with Gasteiger partial charge in [-0.2, -0.15) is 5.10 Å². The molecule has 2 heterocycles. The van der Waals surface area contributed by atoms with Crippen LogP contribution in [0.3, 0.4) is 0 Å². The Labute approximate surface area is 171 Å². The first-order valence-corrected chi connectivity index (χ1v) is 10.6. The second kappa shape index (κ2) is 6.48. The van der Waals surface area contributed by atoms with Crippen molar-refractivity contribution >= 4 is 5.71 Å². The average molecular weight is 380 g/mol. The number of para-hydroxylation sites is 1. The first-order valence-electron chi connectivity index (χ1n) is 10.6. The van der Waals surface area contributed by atoms with E-state index < -0.39 is 0 Å². The van der Waals surface area contributed by atoms with Crippen molar-refractivity contribution in [2.45, 2.75) is 43.9 Å². The maximum absolute atomic E-state index is 6.57. The molecular weight excluding hydrogens is 356 g/mol. The van der Waals surface area contributed by atoms with Gasteiger partial charge < -0.3 is 4.74 Å². The summed E-state index contributed by atoms with van der Waals surface area (Å²) in [5, 5.41) is 7.44. The monoisotopic (exact) mass is 380 g/mol. The van der Waals surface area contributed by atoms with Gasteiger partial charge in [0.15, 0.2) is 5.72 Å². The molecule has 0 radical (unpaired) electrons. The van der Waals surface area contributed by atoms with Gasteiger partial charge in [0, 0.05) is 24.8 Å². The van der Waals surface area contributed by atoms with Gasteiger partial charge >= 0.3 is 0 Å². The molecule has 6 rings (SSSR count). The summed E-state index contributed by atoms with van der Waals surface area (Å²) in [5.74, 6) is 1.05. The van der Waals surface area contributed by atoms with Crippen molar-refractivity contribution in [1.82, 2.24) is 5.01 Å². The molecule has 1 aliphatic carbocycles. The van der Waals surface area contributed by atoms with Crippen LogP contribution in [0.5, 0.6) is 5.75 Å². The van der Waals surface area contributed by atoms with Crippen LogP contribution in [0.2, 0.25) is 0 Å². The first-order chi connectivity index (χ1) is 14.3. The van der Waals surface area contributed by atoms with E-state index in [2.05, 4.69) is 83.9 Å². The fourth-order valence-electron chi connectivity index (χ4n) is 5.15. The number of hydrogen-bond donors (Lipinski definition) is 0. The summed E-state index contributed by atoms with van der Waals surface area (Å²) < 4.78 is 6.57. The van der Waals surface area contributed by atoms with Gasteiger partial charge in [0.25, 0.3) is 0 Å². The minimum atomic E-state index is -0.259. The summed E-state index contributed by atoms with van der Waals surface area (Å²) in [4.78, 5) is 0. The van der Waals surface area contributed by atoms with Gasteiger partial charge in [-0.1, -0.05) is 72.8 Å². The van der Waals surface area contributed by atoms with E-state index in [0.29, 0.717) is 0 Å². The predicted molar refractivity (Wildman–Crippen MR) is 116 cm³/mol. The predicted octanol–water partition coefficient (Wildman–Crippen LogP) is 6.17. The van der Waals surface area contributed by atoms with Crippen molar-refractivity contribution in [2.24, 2.45) is 5.10 Å². The fourth-order valence-corrected chi connectivity index (χ4v) is 5.15. The molecule has 0 saturated heterocycles. The average Bonchev–Trinajstić information content (AvgIpc) is 3.43. The normalized spacial score (nSPS) is 21.4. The zero-order valence-electron chi connectivity index (χ0n) is 16.4. The van der Waals surface area contributed by atoms with Crippen molar-refractivity contribution in [3.63, 3.8) is 0 Å². The molecule has 0 aromatic heterocycles. The van der Waals surface area contributed by atoms with Crippen LogP contribution in [0.4, 0.5) is 0 Å². The largest absolute Gasteiger partial charge is 0.466 e. The quantitative estimate of drug-likeness (QED) is 0.531. The van der Waals surface area contributed by atoms with Crippen molar-refractivity contribution < 1.29 is 4.74 Å². The van der Waals surface area contributed by atoms with Gasteiger partial charge in [0.05, 0.1) is 11.8 Å². The summed E-state index contributed by atoms with van der Waals surface area (Å²) in [6.07, 6.45) is 5.47. The third-order valence-corrected chi connectivity index (χ3v) is 6.62. The maximum Gasteiger partial charge on any atom is 0.198 e. The highest BCUT2D eigenvalue weighted by atomic mass is 16.5. The Balaban J connectivity index is 1.36. The van der Waals surface area contributed by atoms with E-state index in [1.165, 1.54) is 40.8 Å². The molecule has 3 nitrogen and oxygen atoms in total. The Bertz CT molecular complexity index is 1070. The molecule has 29 heavy (non-hydrogen) atoms. The Kier molecular flexibility index (Phi) is 3.77. The SMILES string of the molecule is c1ccc(-c2ccc(C3=NN4C(C3)c3ccccc3OC43CCCC3)cc2)cc1. The van der Waals surface area contributed by atoms with Gasteiger partial charge in [-0.15, -0.1) is 0 Å². The Morgan fingerprint density at radius 3 is 2.21 bits per heavy atom. The number of nitrogens with zero attached hydrogens (tertiary/aromatic N) is 2. The molecule has 3 aromatic rings. The summed E-state index contributed by atoms with van der Waals surface area (Å²) in [6, 6.07) is 28.2. The second-order valence-corrected chi connectivity index (χ2v) is 8.35. The van der Waals surface area contributed by atoms with Crippen LogP contribution in [-0.2, 0) is 0 Å². The van der Waals surface area contributed by atoms with Crippen molar-refractivity contribution in [3.05, 3.63) is 90.0 Å². The molecule has 0 N–H and O–H groups in total. The van der Waals surface area contributed by atoms with Crippen LogP contribution in [0.15, 0.2) is 84.0 Å². The lowest BCUT2D eigenvalue weighted by Crippen LogP contribution is -2.51. The van der Waals surface area contributed by atoms with Crippen molar-refractivity contribution in [3.8, 4) is 16.9 Å². The van der Waals surface area contributed by atoms with Gasteiger partial charge in [-0.05, 0) is 35.6 Å². The molecule has 1 saturated carbocycles. The molecule has 3 heteroatoms. The third kappa shape index (κ3) is 2.68. The summed E-state index contributed by atoms with van der Waals surface area (Å²) >= 11 is 0. The van der Waals surface area contributed by atoms with Crippen LogP contribution < -0.4 is 4.74 Å². The number of hydrazone groups is 1. The minimum absolute atomic E-state index is 0.259. The number of ether oxygens (including phenoxy) is 1. The zero-order chi connectivity index (χ0) is 19.3. The smallest absolute Gasteiger partial charge is 0.198 e. The number of rotatable bonds is 2. The Morgan fingerprint density at radius 2 is 1.41 bits per heavy atom. The lowest BCUT2D eigenvalue weighted by molar-refractivity contribution is -0.114. The van der Waals surface area contributed by atoms with Crippen molar-refractivity contribution in [1.29, 1.82) is 0 Å². The molecule has 3 aromatic carbocycles. The van der Waals surface area contributed by atoms with Crippen LogP contribution >= 0.6 is 0 Å². The fraction of sp³-hybridized carbons (Fsp3) is 0.269. The van der Waals surface area contributed by atoms with Crippen LogP contribution in [-0.4, -0.2) is 16.4 Å². The van der Waals surface area contributed by atoms with Crippen molar-refractivity contribution in [2.75, 3.05) is 0 Å². The van der Waals surface area contributed by atoms with Crippen LogP contribution in [0.1, 0.15) is 49.3 Å². The topological polar surface area (TPSA) is 24.8 Å². The highest BCUT2D eigenvalue weighted by Gasteiger charge is 2.51. The number of hydrogen-bond acceptors (Lipinski definition) is 3. The van der Waals surface area contributed by atoms with Gasteiger partial charge in [0.2, 0.25) is 0 Å². The van der Waals surface area contributed by atoms with Gasteiger partial charge in [-0.3, -0.25) is 0 Å². The highest BCUT2D eigenvalue weighted by molar-refractivity contribution is 6.02. The highest BCUT2D eigenvalue weighted by Crippen LogP contribution is 2.51. The molecule has 1 unspecified atom stereocenters. The zero-order valence-corrected chi connectivity index (χ0v) is 16.4. The summed E-state index contributed by atoms with van der Waals surface area (Å²) in [7, 11) is 0. The first kappa shape index (κ1) is 16.8. The van der Waals surface area contributed by atoms with E-state index in [0.717, 1.165) is 25.0 Å². The Morgan fingerprint density at radius 1 is 0.759 bits per heavy atom. The molecule has 3 aliphatic rings. The molecule has 1 spiro atoms. The van der Waals surface area contributed by atoms with Gasteiger partial charge in [-0.25, -0.2) is 5.01 Å². The van der Waals surface area contributed by atoms with E-state index in [-0.39, 0.29) is 11.8 Å². The van der Waals surface area contributed by atoms with E-state index in [1.807, 2.05) is 0 Å². The van der Waals surface area contributed by atoms with E-state index in [9.17, 15) is 0 Å². The number of benzene rings is 3. The summed E-state index contributed by atoms with van der Waals surface area (Å²) in [5.41, 5.74) is 5.88. The maximum atomic E-state index is 6.57. The molecule has 2 aliphatic heterocycles. The van der Waals surface area contributed by atoms with E-state index in [4.69, 9.17) is 9.84 Å². The third-order valence-electron chi connectivity index (χ3n) is 6.62. The minimum Gasteiger partial charge on any atom is -0.466 e. The second-order valence-electron chi connectivity index (χ2n) is 8.35. The molecule has 0 amide bonds. The van der Waals surface area contributed by atoms with E-state index in [1.54, 1.807) is 0 Å². The van der Waals surface area contributed by atoms with Crippen LogP contribution in [0.25, 0.3) is 11.1 Å². The molecule has 1 atom stereocenters. The summed E-state index contributed by atoms with van der Waals surface area (Å²) in [6.45, 7) is 0.